The highest BCUT2D eigenvalue weighted by molar-refractivity contribution is 5.77. The summed E-state index contributed by atoms with van der Waals surface area (Å²) in [4.78, 5) is 16.8. The molecule has 0 radical (unpaired) electrons. The van der Waals surface area contributed by atoms with Crippen LogP contribution in [0, 0.1) is 5.82 Å². The second kappa shape index (κ2) is 7.21. The minimum atomic E-state index is -0.393. The van der Waals surface area contributed by atoms with Crippen molar-refractivity contribution in [3.05, 3.63) is 89.2 Å². The lowest BCUT2D eigenvalue weighted by atomic mass is 10.0. The van der Waals surface area contributed by atoms with Crippen molar-refractivity contribution in [3.8, 4) is 0 Å². The van der Waals surface area contributed by atoms with Crippen LogP contribution >= 0.6 is 0 Å². The first kappa shape index (κ1) is 16.1. The Morgan fingerprint density at radius 3 is 2.75 bits per heavy atom. The van der Waals surface area contributed by atoms with Crippen LogP contribution in [0.4, 0.5) is 4.39 Å². The van der Waals surface area contributed by atoms with E-state index in [4.69, 9.17) is 0 Å². The van der Waals surface area contributed by atoms with Crippen molar-refractivity contribution in [2.24, 2.45) is 0 Å². The molecule has 0 aliphatic carbocycles. The van der Waals surface area contributed by atoms with E-state index < -0.39 is 5.82 Å². The average molecular weight is 322 g/mol. The van der Waals surface area contributed by atoms with Gasteiger partial charge >= 0.3 is 0 Å². The van der Waals surface area contributed by atoms with Gasteiger partial charge in [0.15, 0.2) is 0 Å². The monoisotopic (exact) mass is 322 g/mol. The summed E-state index contributed by atoms with van der Waals surface area (Å²) in [6, 6.07) is 14.2. The molecule has 0 fully saturated rings. The van der Waals surface area contributed by atoms with Crippen LogP contribution in [-0.2, 0) is 6.42 Å². The normalized spacial score (nSPS) is 12.2. The number of fused-ring (bicyclic) bond motifs is 1. The van der Waals surface area contributed by atoms with Crippen LogP contribution < -0.4 is 5.56 Å². The molecule has 0 spiro atoms. The Kier molecular flexibility index (Phi) is 4.85. The molecule has 24 heavy (non-hydrogen) atoms. The summed E-state index contributed by atoms with van der Waals surface area (Å²) in [5.74, 6) is -0.393. The van der Waals surface area contributed by atoms with Gasteiger partial charge in [-0.05, 0) is 37.0 Å². The molecule has 0 N–H and O–H groups in total. The zero-order valence-corrected chi connectivity index (χ0v) is 13.4. The average Bonchev–Trinajstić information content (AvgIpc) is 2.60. The summed E-state index contributed by atoms with van der Waals surface area (Å²) >= 11 is 0. The van der Waals surface area contributed by atoms with Crippen LogP contribution in [0.25, 0.3) is 10.9 Å². The molecule has 3 aromatic rings. The fourth-order valence-electron chi connectivity index (χ4n) is 2.88. The predicted octanol–water partition coefficient (Wildman–Crippen LogP) is 4.29. The highest BCUT2D eigenvalue weighted by Gasteiger charge is 2.12. The smallest absolute Gasteiger partial charge is 0.261 e. The quantitative estimate of drug-likeness (QED) is 0.635. The fourth-order valence-corrected chi connectivity index (χ4v) is 2.88. The number of allylic oxidation sites excluding steroid dienone is 1. The van der Waals surface area contributed by atoms with E-state index in [-0.39, 0.29) is 11.6 Å². The van der Waals surface area contributed by atoms with Gasteiger partial charge in [-0.3, -0.25) is 9.36 Å². The van der Waals surface area contributed by atoms with Crippen molar-refractivity contribution >= 4 is 10.9 Å². The van der Waals surface area contributed by atoms with Crippen LogP contribution in [-0.4, -0.2) is 9.55 Å². The molecule has 0 aliphatic rings. The Hall–Kier alpha value is -2.75. The van der Waals surface area contributed by atoms with E-state index in [2.05, 4.69) is 23.7 Å². The maximum atomic E-state index is 13.3. The van der Waals surface area contributed by atoms with Gasteiger partial charge in [-0.25, -0.2) is 9.37 Å². The summed E-state index contributed by atoms with van der Waals surface area (Å²) in [5, 5.41) is 0.425. The lowest BCUT2D eigenvalue weighted by molar-refractivity contribution is 0.518. The van der Waals surface area contributed by atoms with E-state index >= 15 is 0 Å². The molecular formula is C20H19FN2O. The van der Waals surface area contributed by atoms with Crippen LogP contribution in [0.2, 0.25) is 0 Å². The van der Waals surface area contributed by atoms with E-state index in [1.165, 1.54) is 30.1 Å². The molecule has 0 saturated carbocycles. The minimum Gasteiger partial charge on any atom is -0.292 e. The standard InChI is InChI=1S/C20H19FN2O/c1-2-17(10-6-9-15-7-4-3-5-8-15)23-14-22-19-13-16(21)11-12-18(19)20(23)24/h2-5,7-8,11-14,17H,1,6,9-10H2/t17-/m0/s1. The van der Waals surface area contributed by atoms with Crippen LogP contribution in [0.3, 0.4) is 0 Å². The molecule has 1 aromatic heterocycles. The summed E-state index contributed by atoms with van der Waals surface area (Å²) in [7, 11) is 0. The number of rotatable bonds is 6. The van der Waals surface area contributed by atoms with Gasteiger partial charge in [0, 0.05) is 6.07 Å². The van der Waals surface area contributed by atoms with E-state index in [0.717, 1.165) is 19.3 Å². The zero-order valence-electron chi connectivity index (χ0n) is 13.4. The van der Waals surface area contributed by atoms with Crippen molar-refractivity contribution in [3.63, 3.8) is 0 Å². The van der Waals surface area contributed by atoms with Crippen molar-refractivity contribution in [1.82, 2.24) is 9.55 Å². The summed E-state index contributed by atoms with van der Waals surface area (Å²) < 4.78 is 14.8. The fraction of sp³-hybridized carbons (Fsp3) is 0.200. The second-order valence-electron chi connectivity index (χ2n) is 5.80. The third-order valence-electron chi connectivity index (χ3n) is 4.18. The highest BCUT2D eigenvalue weighted by atomic mass is 19.1. The number of hydrogen-bond donors (Lipinski definition) is 0. The Labute approximate surface area is 140 Å². The van der Waals surface area contributed by atoms with Crippen LogP contribution in [0.15, 0.2) is 72.3 Å². The minimum absolute atomic E-state index is 0.122. The van der Waals surface area contributed by atoms with Gasteiger partial charge in [0.1, 0.15) is 5.82 Å². The molecule has 0 unspecified atom stereocenters. The van der Waals surface area contributed by atoms with E-state index in [0.29, 0.717) is 10.9 Å². The van der Waals surface area contributed by atoms with Crippen molar-refractivity contribution in [1.29, 1.82) is 0 Å². The molecule has 122 valence electrons. The number of aryl methyl sites for hydroxylation is 1. The molecule has 0 saturated heterocycles. The SMILES string of the molecule is C=C[C@@H](CCCc1ccccc1)n1cnc2cc(F)ccc2c1=O. The van der Waals surface area contributed by atoms with Crippen molar-refractivity contribution in [2.45, 2.75) is 25.3 Å². The lowest BCUT2D eigenvalue weighted by Gasteiger charge is -2.16. The third-order valence-corrected chi connectivity index (χ3v) is 4.18. The van der Waals surface area contributed by atoms with Gasteiger partial charge in [0.2, 0.25) is 0 Å². The molecule has 0 bridgehead atoms. The van der Waals surface area contributed by atoms with Gasteiger partial charge in [-0.2, -0.15) is 0 Å². The number of halogens is 1. The molecule has 1 heterocycles. The Bertz CT molecular complexity index is 902. The molecule has 2 aromatic carbocycles. The van der Waals surface area contributed by atoms with E-state index in [1.807, 2.05) is 18.2 Å². The van der Waals surface area contributed by atoms with Crippen LogP contribution in [0.5, 0.6) is 0 Å². The van der Waals surface area contributed by atoms with Crippen molar-refractivity contribution < 1.29 is 4.39 Å². The maximum Gasteiger partial charge on any atom is 0.261 e. The first-order valence-corrected chi connectivity index (χ1v) is 8.02. The molecular weight excluding hydrogens is 303 g/mol. The topological polar surface area (TPSA) is 34.9 Å². The summed E-state index contributed by atoms with van der Waals surface area (Å²) in [5.41, 5.74) is 1.49. The Morgan fingerprint density at radius 1 is 1.21 bits per heavy atom. The number of aromatic nitrogens is 2. The zero-order chi connectivity index (χ0) is 16.9. The predicted molar refractivity (Wildman–Crippen MR) is 94.6 cm³/mol. The van der Waals surface area contributed by atoms with Crippen molar-refractivity contribution in [2.75, 3.05) is 0 Å². The summed E-state index contributed by atoms with van der Waals surface area (Å²) in [6.45, 7) is 3.85. The molecule has 3 rings (SSSR count). The maximum absolute atomic E-state index is 13.3. The Balaban J connectivity index is 1.79. The number of benzene rings is 2. The lowest BCUT2D eigenvalue weighted by Crippen LogP contribution is -2.24. The van der Waals surface area contributed by atoms with Gasteiger partial charge in [-0.1, -0.05) is 36.4 Å². The van der Waals surface area contributed by atoms with Gasteiger partial charge in [-0.15, -0.1) is 6.58 Å². The molecule has 0 amide bonds. The second-order valence-corrected chi connectivity index (χ2v) is 5.80. The first-order chi connectivity index (χ1) is 11.7. The van der Waals surface area contributed by atoms with Gasteiger partial charge in [0.25, 0.3) is 5.56 Å². The molecule has 3 nitrogen and oxygen atoms in total. The summed E-state index contributed by atoms with van der Waals surface area (Å²) in [6.07, 6.45) is 5.94. The molecule has 4 heteroatoms. The largest absolute Gasteiger partial charge is 0.292 e. The number of hydrogen-bond acceptors (Lipinski definition) is 2. The molecule has 0 aliphatic heterocycles. The highest BCUT2D eigenvalue weighted by Crippen LogP contribution is 2.17. The number of nitrogens with zero attached hydrogens (tertiary/aromatic N) is 2. The van der Waals surface area contributed by atoms with E-state index in [1.54, 1.807) is 10.6 Å². The first-order valence-electron chi connectivity index (χ1n) is 8.02. The molecule has 1 atom stereocenters. The van der Waals surface area contributed by atoms with Gasteiger partial charge in [0.05, 0.1) is 23.3 Å². The van der Waals surface area contributed by atoms with E-state index in [9.17, 15) is 9.18 Å². The van der Waals surface area contributed by atoms with Gasteiger partial charge < -0.3 is 0 Å². The van der Waals surface area contributed by atoms with Crippen LogP contribution in [0.1, 0.15) is 24.4 Å². The third kappa shape index (κ3) is 3.43. The Morgan fingerprint density at radius 2 is 2.00 bits per heavy atom.